The quantitative estimate of drug-likeness (QED) is 0.557. The minimum atomic E-state index is -1.42. The number of nitrogens with zero attached hydrogens (tertiary/aromatic N) is 1. The minimum absolute atomic E-state index is 0.0887. The molecule has 7 heteroatoms. The van der Waals surface area contributed by atoms with E-state index >= 15 is 0 Å². The molecule has 33 heavy (non-hydrogen) atoms. The third-order valence-corrected chi connectivity index (χ3v) is 11.4. The molecule has 0 aromatic carbocycles. The maximum atomic E-state index is 13.4. The molecule has 0 aromatic rings. The van der Waals surface area contributed by atoms with Gasteiger partial charge in [-0.05, 0) is 81.6 Å². The Morgan fingerprint density at radius 3 is 2.58 bits per heavy atom. The van der Waals surface area contributed by atoms with E-state index in [0.717, 1.165) is 38.8 Å². The molecule has 0 radical (unpaired) electrons. The van der Waals surface area contributed by atoms with Crippen molar-refractivity contribution in [1.29, 1.82) is 0 Å². The highest BCUT2D eigenvalue weighted by molar-refractivity contribution is 8.23. The van der Waals surface area contributed by atoms with Crippen LogP contribution in [0.1, 0.15) is 72.6 Å². The number of fused-ring (bicyclic) bond motifs is 5. The van der Waals surface area contributed by atoms with E-state index in [-0.39, 0.29) is 40.5 Å². The predicted molar refractivity (Wildman–Crippen MR) is 136 cm³/mol. The van der Waals surface area contributed by atoms with Crippen molar-refractivity contribution >= 4 is 39.9 Å². The third-order valence-electron chi connectivity index (χ3n) is 9.86. The van der Waals surface area contributed by atoms with Crippen LogP contribution in [0.2, 0.25) is 0 Å². The van der Waals surface area contributed by atoms with E-state index in [0.29, 0.717) is 23.6 Å². The van der Waals surface area contributed by atoms with Crippen molar-refractivity contribution in [2.75, 3.05) is 18.8 Å². The Kier molecular flexibility index (Phi) is 6.93. The normalized spacial score (nSPS) is 42.1. The molecular formula is C26H39NO4S2. The van der Waals surface area contributed by atoms with Crippen molar-refractivity contribution in [1.82, 2.24) is 4.90 Å². The number of aliphatic hydroxyl groups excluding tert-OH is 1. The number of carbonyl (C=O) groups is 2. The molecule has 0 bridgehead atoms. The molecule has 4 rings (SSSR count). The number of thioether (sulfide) groups is 1. The van der Waals surface area contributed by atoms with E-state index in [1.54, 1.807) is 0 Å². The number of carbonyl (C=O) groups excluding carboxylic acids is 2. The molecule has 0 spiro atoms. The summed E-state index contributed by atoms with van der Waals surface area (Å²) < 4.78 is 0.701. The van der Waals surface area contributed by atoms with Gasteiger partial charge in [-0.25, -0.2) is 0 Å². The van der Waals surface area contributed by atoms with Crippen molar-refractivity contribution in [3.05, 3.63) is 11.6 Å². The van der Waals surface area contributed by atoms with Crippen LogP contribution in [0, 0.1) is 28.6 Å². The van der Waals surface area contributed by atoms with Crippen LogP contribution in [-0.4, -0.2) is 61.5 Å². The Morgan fingerprint density at radius 1 is 1.21 bits per heavy atom. The topological polar surface area (TPSA) is 77.8 Å². The molecule has 2 N–H and O–H groups in total. The van der Waals surface area contributed by atoms with E-state index in [2.05, 4.69) is 6.92 Å². The van der Waals surface area contributed by atoms with Crippen molar-refractivity contribution in [3.8, 4) is 0 Å². The number of Topliss-reactive ketones (excluding diaryl/α,β-unsaturated/α-hetero) is 1. The Hall–Kier alpha value is -0.760. The first-order valence-electron chi connectivity index (χ1n) is 12.6. The molecule has 4 aliphatic rings. The highest BCUT2D eigenvalue weighted by atomic mass is 32.2. The van der Waals surface area contributed by atoms with Gasteiger partial charge in [0.05, 0.1) is 11.9 Å². The number of ketones is 2. The summed E-state index contributed by atoms with van der Waals surface area (Å²) in [6, 6.07) is 0. The minimum Gasteiger partial charge on any atom is -0.393 e. The Morgan fingerprint density at radius 2 is 1.91 bits per heavy atom. The fourth-order valence-corrected chi connectivity index (χ4v) is 9.34. The number of aliphatic hydroxyl groups is 2. The van der Waals surface area contributed by atoms with Crippen LogP contribution in [0.5, 0.6) is 0 Å². The predicted octanol–water partition coefficient (Wildman–Crippen LogP) is 4.15. The number of allylic oxidation sites excluding steroid dienone is 1. The monoisotopic (exact) mass is 493 g/mol. The van der Waals surface area contributed by atoms with Crippen molar-refractivity contribution in [2.24, 2.45) is 28.6 Å². The average Bonchev–Trinajstić information content (AvgIpc) is 3.04. The second kappa shape index (κ2) is 9.03. The summed E-state index contributed by atoms with van der Waals surface area (Å²) in [6.45, 7) is 9.95. The fourth-order valence-electron chi connectivity index (χ4n) is 7.97. The van der Waals surface area contributed by atoms with Gasteiger partial charge >= 0.3 is 0 Å². The van der Waals surface area contributed by atoms with Crippen LogP contribution >= 0.6 is 24.0 Å². The summed E-state index contributed by atoms with van der Waals surface area (Å²) in [6.07, 6.45) is 6.09. The first-order valence-corrected chi connectivity index (χ1v) is 14.0. The molecule has 0 heterocycles. The van der Waals surface area contributed by atoms with Crippen LogP contribution in [0.3, 0.4) is 0 Å². The first-order chi connectivity index (χ1) is 15.5. The third kappa shape index (κ3) is 3.85. The zero-order valence-corrected chi connectivity index (χ0v) is 22.1. The molecule has 7 atom stereocenters. The summed E-state index contributed by atoms with van der Waals surface area (Å²) in [4.78, 5) is 27.6. The van der Waals surface area contributed by atoms with Gasteiger partial charge in [-0.1, -0.05) is 43.4 Å². The van der Waals surface area contributed by atoms with E-state index < -0.39 is 17.1 Å². The van der Waals surface area contributed by atoms with Crippen LogP contribution in [0.25, 0.3) is 0 Å². The van der Waals surface area contributed by atoms with Gasteiger partial charge in [-0.3, -0.25) is 9.59 Å². The molecule has 0 saturated heterocycles. The number of rotatable bonds is 5. The van der Waals surface area contributed by atoms with Gasteiger partial charge in [-0.2, -0.15) is 0 Å². The van der Waals surface area contributed by atoms with Crippen LogP contribution < -0.4 is 0 Å². The zero-order chi connectivity index (χ0) is 24.2. The molecule has 5 nitrogen and oxygen atoms in total. The summed E-state index contributed by atoms with van der Waals surface area (Å²) in [7, 11) is 0. The Balaban J connectivity index is 1.56. The first kappa shape index (κ1) is 25.3. The van der Waals surface area contributed by atoms with Gasteiger partial charge in [0.1, 0.15) is 9.92 Å². The molecule has 184 valence electrons. The molecule has 4 aliphatic carbocycles. The summed E-state index contributed by atoms with van der Waals surface area (Å²) in [5.41, 5.74) is -1.01. The molecule has 0 unspecified atom stereocenters. The van der Waals surface area contributed by atoms with Gasteiger partial charge in [0.2, 0.25) is 0 Å². The van der Waals surface area contributed by atoms with Gasteiger partial charge < -0.3 is 15.1 Å². The van der Waals surface area contributed by atoms with E-state index in [1.807, 2.05) is 31.7 Å². The van der Waals surface area contributed by atoms with Gasteiger partial charge in [0, 0.05) is 24.9 Å². The standard InChI is InChI=1S/C26H39NO4S2/c1-5-27(6-2)23(32)33-15-21(30)26(31)12-10-19-18-8-7-16-13-17(28)9-11-24(16,3)22(18)20(29)14-25(19,26)4/h13,18-20,22,29,31H,5-12,14-15H2,1-4H3/t18-,19-,20+,22-,24+,25+,26+/m1/s1. The van der Waals surface area contributed by atoms with Crippen molar-refractivity contribution in [2.45, 2.75) is 84.3 Å². The molecular weight excluding hydrogens is 454 g/mol. The van der Waals surface area contributed by atoms with Gasteiger partial charge in [0.15, 0.2) is 11.6 Å². The fraction of sp³-hybridized carbons (Fsp3) is 0.808. The Bertz CT molecular complexity index is 870. The van der Waals surface area contributed by atoms with Crippen molar-refractivity contribution in [3.63, 3.8) is 0 Å². The zero-order valence-electron chi connectivity index (χ0n) is 20.4. The molecule has 3 fully saturated rings. The smallest absolute Gasteiger partial charge is 0.175 e. The van der Waals surface area contributed by atoms with Crippen molar-refractivity contribution < 1.29 is 19.8 Å². The van der Waals surface area contributed by atoms with E-state index in [9.17, 15) is 19.8 Å². The molecule has 0 amide bonds. The van der Waals surface area contributed by atoms with Crippen LogP contribution in [0.15, 0.2) is 11.6 Å². The van der Waals surface area contributed by atoms with E-state index in [1.165, 1.54) is 17.3 Å². The summed E-state index contributed by atoms with van der Waals surface area (Å²) >= 11 is 6.85. The number of thiocarbonyl (C=S) groups is 1. The SMILES string of the molecule is CCN(CC)C(=S)SCC(=O)[C@@]1(O)CC[C@@H]2[C@H]3CCC4=CC(=O)CC[C@]4(C)[C@H]3[C@@H](O)C[C@@]21C. The van der Waals surface area contributed by atoms with Crippen LogP contribution in [-0.2, 0) is 9.59 Å². The molecule has 3 saturated carbocycles. The largest absolute Gasteiger partial charge is 0.393 e. The van der Waals surface area contributed by atoms with Gasteiger partial charge in [0.25, 0.3) is 0 Å². The lowest BCUT2D eigenvalue weighted by Crippen LogP contribution is -2.62. The summed E-state index contributed by atoms with van der Waals surface area (Å²) in [5, 5.41) is 23.3. The number of hydrogen-bond donors (Lipinski definition) is 2. The summed E-state index contributed by atoms with van der Waals surface area (Å²) in [5.74, 6) is 0.785. The highest BCUT2D eigenvalue weighted by Crippen LogP contribution is 2.67. The molecule has 0 aliphatic heterocycles. The lowest BCUT2D eigenvalue weighted by Gasteiger charge is -2.60. The lowest BCUT2D eigenvalue weighted by atomic mass is 9.45. The lowest BCUT2D eigenvalue weighted by molar-refractivity contribution is -0.178. The maximum Gasteiger partial charge on any atom is 0.175 e. The maximum absolute atomic E-state index is 13.4. The van der Waals surface area contributed by atoms with E-state index in [4.69, 9.17) is 12.2 Å². The highest BCUT2D eigenvalue weighted by Gasteiger charge is 2.68. The average molecular weight is 494 g/mol. The Labute approximate surface area is 207 Å². The second-order valence-corrected chi connectivity index (χ2v) is 12.7. The molecule has 0 aromatic heterocycles. The number of hydrogen-bond acceptors (Lipinski definition) is 6. The second-order valence-electron chi connectivity index (χ2n) is 11.1. The van der Waals surface area contributed by atoms with Gasteiger partial charge in [-0.15, -0.1) is 0 Å². The van der Waals surface area contributed by atoms with Crippen LogP contribution in [0.4, 0.5) is 0 Å².